The van der Waals surface area contributed by atoms with Crippen molar-refractivity contribution >= 4 is 29.4 Å². The lowest BCUT2D eigenvalue weighted by Crippen LogP contribution is -2.16. The Morgan fingerprint density at radius 2 is 2.00 bits per heavy atom. The average molecular weight is 300 g/mol. The molecule has 0 saturated carbocycles. The van der Waals surface area contributed by atoms with Crippen LogP contribution in [0.15, 0.2) is 53.4 Å². The molecular formula is C18H20O2S. The molecule has 0 fully saturated rings. The molecule has 0 saturated heterocycles. The molecule has 0 spiro atoms. The van der Waals surface area contributed by atoms with E-state index in [-0.39, 0.29) is 12.1 Å². The SMILES string of the molecule is C=C(C)C(=O)OC(C)CCc1c(S)ccc2ccccc12. The van der Waals surface area contributed by atoms with Crippen LogP contribution < -0.4 is 0 Å². The lowest BCUT2D eigenvalue weighted by atomic mass is 9.99. The van der Waals surface area contributed by atoms with Gasteiger partial charge in [-0.05, 0) is 49.1 Å². The normalized spacial score (nSPS) is 12.1. The van der Waals surface area contributed by atoms with Gasteiger partial charge in [0.25, 0.3) is 0 Å². The van der Waals surface area contributed by atoms with Gasteiger partial charge in [0.15, 0.2) is 0 Å². The van der Waals surface area contributed by atoms with Crippen LogP contribution in [0.1, 0.15) is 25.8 Å². The van der Waals surface area contributed by atoms with Gasteiger partial charge in [-0.2, -0.15) is 0 Å². The van der Waals surface area contributed by atoms with Crippen molar-refractivity contribution in [2.45, 2.75) is 37.7 Å². The zero-order valence-corrected chi connectivity index (χ0v) is 13.3. The van der Waals surface area contributed by atoms with E-state index in [0.717, 1.165) is 17.7 Å². The molecule has 2 aromatic rings. The molecule has 0 N–H and O–H groups in total. The van der Waals surface area contributed by atoms with Crippen molar-refractivity contribution in [1.82, 2.24) is 0 Å². The Morgan fingerprint density at radius 1 is 1.29 bits per heavy atom. The highest BCUT2D eigenvalue weighted by molar-refractivity contribution is 7.80. The molecule has 0 aliphatic carbocycles. The Balaban J connectivity index is 2.11. The third kappa shape index (κ3) is 3.88. The number of thiol groups is 1. The van der Waals surface area contributed by atoms with E-state index < -0.39 is 0 Å². The van der Waals surface area contributed by atoms with Crippen LogP contribution in [0.2, 0.25) is 0 Å². The lowest BCUT2D eigenvalue weighted by molar-refractivity contribution is -0.143. The van der Waals surface area contributed by atoms with Gasteiger partial charge in [-0.1, -0.05) is 36.9 Å². The van der Waals surface area contributed by atoms with E-state index in [0.29, 0.717) is 5.57 Å². The number of hydrogen-bond acceptors (Lipinski definition) is 3. The van der Waals surface area contributed by atoms with E-state index >= 15 is 0 Å². The number of benzene rings is 2. The van der Waals surface area contributed by atoms with E-state index in [2.05, 4.69) is 37.4 Å². The molecule has 0 amide bonds. The molecule has 0 aromatic heterocycles. The summed E-state index contributed by atoms with van der Waals surface area (Å²) >= 11 is 4.56. The molecular weight excluding hydrogens is 280 g/mol. The van der Waals surface area contributed by atoms with Crippen molar-refractivity contribution in [3.8, 4) is 0 Å². The molecule has 21 heavy (non-hydrogen) atoms. The summed E-state index contributed by atoms with van der Waals surface area (Å²) in [6.45, 7) is 7.16. The van der Waals surface area contributed by atoms with Gasteiger partial charge in [0.05, 0.1) is 6.10 Å². The molecule has 0 heterocycles. The van der Waals surface area contributed by atoms with Crippen LogP contribution >= 0.6 is 12.6 Å². The van der Waals surface area contributed by atoms with Crippen molar-refractivity contribution in [3.63, 3.8) is 0 Å². The van der Waals surface area contributed by atoms with Gasteiger partial charge in [-0.25, -0.2) is 4.79 Å². The Hall–Kier alpha value is -1.74. The topological polar surface area (TPSA) is 26.3 Å². The fraction of sp³-hybridized carbons (Fsp3) is 0.278. The molecule has 3 heteroatoms. The molecule has 1 unspecified atom stereocenters. The van der Waals surface area contributed by atoms with Gasteiger partial charge in [0.2, 0.25) is 0 Å². The number of fused-ring (bicyclic) bond motifs is 1. The summed E-state index contributed by atoms with van der Waals surface area (Å²) in [5, 5.41) is 2.42. The van der Waals surface area contributed by atoms with E-state index in [1.165, 1.54) is 16.3 Å². The molecule has 2 aromatic carbocycles. The molecule has 0 aliphatic rings. The minimum atomic E-state index is -0.327. The number of aryl methyl sites for hydroxylation is 1. The van der Waals surface area contributed by atoms with Crippen molar-refractivity contribution in [3.05, 3.63) is 54.1 Å². The number of carbonyl (C=O) groups is 1. The minimum Gasteiger partial charge on any atom is -0.459 e. The van der Waals surface area contributed by atoms with Crippen molar-refractivity contribution < 1.29 is 9.53 Å². The fourth-order valence-corrected chi connectivity index (χ4v) is 2.58. The van der Waals surface area contributed by atoms with E-state index in [4.69, 9.17) is 4.74 Å². The average Bonchev–Trinajstić information content (AvgIpc) is 2.46. The molecule has 2 nitrogen and oxygen atoms in total. The molecule has 0 aliphatic heterocycles. The maximum absolute atomic E-state index is 11.5. The van der Waals surface area contributed by atoms with Crippen LogP contribution in [0, 0.1) is 0 Å². The number of carbonyl (C=O) groups excluding carboxylic acids is 1. The zero-order chi connectivity index (χ0) is 15.4. The van der Waals surface area contributed by atoms with Crippen LogP contribution in [0.4, 0.5) is 0 Å². The summed E-state index contributed by atoms with van der Waals surface area (Å²) in [6, 6.07) is 12.4. The van der Waals surface area contributed by atoms with Crippen LogP contribution in [-0.4, -0.2) is 12.1 Å². The number of hydrogen-bond donors (Lipinski definition) is 1. The van der Waals surface area contributed by atoms with Gasteiger partial charge in [-0.3, -0.25) is 0 Å². The van der Waals surface area contributed by atoms with Gasteiger partial charge in [0.1, 0.15) is 0 Å². The highest BCUT2D eigenvalue weighted by Gasteiger charge is 2.12. The first kappa shape index (κ1) is 15.6. The highest BCUT2D eigenvalue weighted by atomic mass is 32.1. The number of esters is 1. The first-order valence-corrected chi connectivity index (χ1v) is 7.50. The molecule has 2 rings (SSSR count). The molecule has 0 radical (unpaired) electrons. The second kappa shape index (κ2) is 6.81. The third-order valence-electron chi connectivity index (χ3n) is 3.47. The smallest absolute Gasteiger partial charge is 0.333 e. The van der Waals surface area contributed by atoms with Crippen LogP contribution in [-0.2, 0) is 16.0 Å². The predicted octanol–water partition coefficient (Wildman–Crippen LogP) is 4.57. The zero-order valence-electron chi connectivity index (χ0n) is 12.4. The Bertz CT molecular complexity index is 676. The van der Waals surface area contributed by atoms with Crippen molar-refractivity contribution in [2.24, 2.45) is 0 Å². The first-order chi connectivity index (χ1) is 9.99. The Morgan fingerprint density at radius 3 is 2.71 bits per heavy atom. The maximum Gasteiger partial charge on any atom is 0.333 e. The molecule has 1 atom stereocenters. The van der Waals surface area contributed by atoms with Crippen LogP contribution in [0.5, 0.6) is 0 Å². The third-order valence-corrected chi connectivity index (χ3v) is 3.89. The van der Waals surface area contributed by atoms with Crippen molar-refractivity contribution in [1.29, 1.82) is 0 Å². The highest BCUT2D eigenvalue weighted by Crippen LogP contribution is 2.26. The quantitative estimate of drug-likeness (QED) is 0.497. The second-order valence-corrected chi connectivity index (χ2v) is 5.80. The predicted molar refractivity (Wildman–Crippen MR) is 89.9 cm³/mol. The fourth-order valence-electron chi connectivity index (χ4n) is 2.28. The molecule has 0 bridgehead atoms. The van der Waals surface area contributed by atoms with Gasteiger partial charge in [0, 0.05) is 10.5 Å². The summed E-state index contributed by atoms with van der Waals surface area (Å²) in [4.78, 5) is 12.5. The lowest BCUT2D eigenvalue weighted by Gasteiger charge is -2.15. The first-order valence-electron chi connectivity index (χ1n) is 7.05. The van der Waals surface area contributed by atoms with Gasteiger partial charge >= 0.3 is 5.97 Å². The summed E-state index contributed by atoms with van der Waals surface area (Å²) in [5.41, 5.74) is 1.64. The van der Waals surface area contributed by atoms with E-state index in [9.17, 15) is 4.79 Å². The molecule has 110 valence electrons. The van der Waals surface area contributed by atoms with Crippen LogP contribution in [0.25, 0.3) is 10.8 Å². The summed E-state index contributed by atoms with van der Waals surface area (Å²) in [7, 11) is 0. The number of rotatable bonds is 5. The largest absolute Gasteiger partial charge is 0.459 e. The second-order valence-electron chi connectivity index (χ2n) is 5.32. The number of ether oxygens (including phenoxy) is 1. The van der Waals surface area contributed by atoms with Gasteiger partial charge < -0.3 is 4.74 Å². The van der Waals surface area contributed by atoms with E-state index in [1.54, 1.807) is 6.92 Å². The minimum absolute atomic E-state index is 0.138. The Kier molecular flexibility index (Phi) is 5.07. The van der Waals surface area contributed by atoms with Crippen LogP contribution in [0.3, 0.4) is 0 Å². The summed E-state index contributed by atoms with van der Waals surface area (Å²) in [5.74, 6) is -0.327. The summed E-state index contributed by atoms with van der Waals surface area (Å²) in [6.07, 6.45) is 1.45. The Labute approximate surface area is 131 Å². The van der Waals surface area contributed by atoms with E-state index in [1.807, 2.05) is 25.1 Å². The van der Waals surface area contributed by atoms with Gasteiger partial charge in [-0.15, -0.1) is 12.6 Å². The van der Waals surface area contributed by atoms with Crippen molar-refractivity contribution in [2.75, 3.05) is 0 Å². The summed E-state index contributed by atoms with van der Waals surface area (Å²) < 4.78 is 5.32. The monoisotopic (exact) mass is 300 g/mol. The standard InChI is InChI=1S/C18H20O2S/c1-12(2)18(19)20-13(3)8-10-16-15-7-5-4-6-14(15)9-11-17(16)21/h4-7,9,11,13,21H,1,8,10H2,2-3H3. The maximum atomic E-state index is 11.5.